The van der Waals surface area contributed by atoms with Crippen molar-refractivity contribution in [2.45, 2.75) is 45.6 Å². The molecule has 0 aliphatic carbocycles. The highest BCUT2D eigenvalue weighted by Gasteiger charge is 2.29. The van der Waals surface area contributed by atoms with Crippen LogP contribution in [0.3, 0.4) is 0 Å². The average molecular weight is 311 g/mol. The van der Waals surface area contributed by atoms with Crippen molar-refractivity contribution in [3.8, 4) is 0 Å². The highest BCUT2D eigenvalue weighted by molar-refractivity contribution is 5.77. The van der Waals surface area contributed by atoms with Gasteiger partial charge in [-0.1, -0.05) is 30.3 Å². The Bertz CT molecular complexity index is 690. The zero-order chi connectivity index (χ0) is 16.4. The number of hydrogen-bond donors (Lipinski definition) is 0. The molecule has 0 bridgehead atoms. The highest BCUT2D eigenvalue weighted by atomic mass is 16.2. The summed E-state index contributed by atoms with van der Waals surface area (Å²) in [6.45, 7) is 4.97. The van der Waals surface area contributed by atoms with Crippen molar-refractivity contribution in [2.75, 3.05) is 6.54 Å². The molecule has 1 fully saturated rings. The molecular weight excluding hydrogens is 286 g/mol. The maximum Gasteiger partial charge on any atom is 0.223 e. The maximum atomic E-state index is 12.7. The van der Waals surface area contributed by atoms with E-state index in [1.54, 1.807) is 0 Å². The Morgan fingerprint density at radius 2 is 2.00 bits per heavy atom. The maximum absolute atomic E-state index is 12.7. The molecule has 122 valence electrons. The van der Waals surface area contributed by atoms with Gasteiger partial charge in [-0.15, -0.1) is 0 Å². The summed E-state index contributed by atoms with van der Waals surface area (Å²) in [5.41, 5.74) is 4.68. The van der Waals surface area contributed by atoms with Crippen LogP contribution in [0.2, 0.25) is 0 Å². The molecule has 1 aromatic heterocycles. The van der Waals surface area contributed by atoms with Crippen LogP contribution in [-0.2, 0) is 18.3 Å². The third kappa shape index (κ3) is 3.16. The van der Waals surface area contributed by atoms with Gasteiger partial charge in [0.15, 0.2) is 0 Å². The van der Waals surface area contributed by atoms with Crippen LogP contribution in [0.1, 0.15) is 47.8 Å². The lowest BCUT2D eigenvalue weighted by Crippen LogP contribution is -2.30. The lowest BCUT2D eigenvalue weighted by molar-refractivity contribution is -0.132. The Hall–Kier alpha value is -2.10. The number of nitrogens with zero attached hydrogens (tertiary/aromatic N) is 3. The van der Waals surface area contributed by atoms with Crippen LogP contribution in [0.25, 0.3) is 0 Å². The lowest BCUT2D eigenvalue weighted by atomic mass is 10.0. The molecule has 1 saturated heterocycles. The number of carbonyl (C=O) groups is 1. The molecule has 0 radical (unpaired) electrons. The van der Waals surface area contributed by atoms with Crippen molar-refractivity contribution in [3.05, 3.63) is 52.8 Å². The molecule has 1 aliphatic rings. The van der Waals surface area contributed by atoms with Crippen LogP contribution < -0.4 is 0 Å². The molecule has 23 heavy (non-hydrogen) atoms. The van der Waals surface area contributed by atoms with E-state index in [1.165, 1.54) is 11.1 Å². The van der Waals surface area contributed by atoms with E-state index in [0.717, 1.165) is 37.2 Å². The normalized spacial score (nSPS) is 17.7. The minimum absolute atomic E-state index is 0.250. The fraction of sp³-hybridized carbons (Fsp3) is 0.474. The number of aryl methyl sites for hydroxylation is 2. The molecule has 2 aromatic rings. The monoisotopic (exact) mass is 311 g/mol. The minimum Gasteiger partial charge on any atom is -0.336 e. The van der Waals surface area contributed by atoms with E-state index in [0.29, 0.717) is 6.42 Å². The van der Waals surface area contributed by atoms with Crippen LogP contribution in [0.15, 0.2) is 30.3 Å². The van der Waals surface area contributed by atoms with Crippen LogP contribution in [0.4, 0.5) is 0 Å². The van der Waals surface area contributed by atoms with Crippen molar-refractivity contribution in [3.63, 3.8) is 0 Å². The quantitative estimate of drug-likeness (QED) is 0.868. The predicted molar refractivity (Wildman–Crippen MR) is 91.1 cm³/mol. The van der Waals surface area contributed by atoms with Crippen molar-refractivity contribution < 1.29 is 4.79 Å². The molecule has 1 aliphatic heterocycles. The largest absolute Gasteiger partial charge is 0.336 e. The fourth-order valence-corrected chi connectivity index (χ4v) is 3.64. The smallest absolute Gasteiger partial charge is 0.223 e. The number of amides is 1. The second kappa shape index (κ2) is 6.57. The molecule has 3 rings (SSSR count). The van der Waals surface area contributed by atoms with Gasteiger partial charge >= 0.3 is 0 Å². The van der Waals surface area contributed by atoms with Gasteiger partial charge in [0.05, 0.1) is 11.7 Å². The first-order valence-electron chi connectivity index (χ1n) is 8.41. The Morgan fingerprint density at radius 3 is 2.65 bits per heavy atom. The number of likely N-dealkylation sites (tertiary alicyclic amines) is 1. The first kappa shape index (κ1) is 15.8. The topological polar surface area (TPSA) is 38.1 Å². The summed E-state index contributed by atoms with van der Waals surface area (Å²) in [5.74, 6) is 0.263. The van der Waals surface area contributed by atoms with Crippen LogP contribution in [0.5, 0.6) is 0 Å². The summed E-state index contributed by atoms with van der Waals surface area (Å²) in [5, 5.41) is 4.44. The SMILES string of the molecule is Cc1nn(C)c(C)c1CCC(=O)N1CCC[C@@H]1c1ccccc1. The van der Waals surface area contributed by atoms with E-state index in [9.17, 15) is 4.79 Å². The number of hydrogen-bond acceptors (Lipinski definition) is 2. The molecule has 2 heterocycles. The van der Waals surface area contributed by atoms with Crippen molar-refractivity contribution in [2.24, 2.45) is 7.05 Å². The van der Waals surface area contributed by atoms with Gasteiger partial charge < -0.3 is 4.90 Å². The Morgan fingerprint density at radius 1 is 1.26 bits per heavy atom. The predicted octanol–water partition coefficient (Wildman–Crippen LogP) is 3.33. The summed E-state index contributed by atoms with van der Waals surface area (Å²) in [7, 11) is 1.96. The van der Waals surface area contributed by atoms with E-state index in [1.807, 2.05) is 24.7 Å². The van der Waals surface area contributed by atoms with E-state index in [4.69, 9.17) is 0 Å². The van der Waals surface area contributed by atoms with Gasteiger partial charge in [0.1, 0.15) is 0 Å². The van der Waals surface area contributed by atoms with Gasteiger partial charge in [-0.2, -0.15) is 5.10 Å². The lowest BCUT2D eigenvalue weighted by Gasteiger charge is -2.25. The first-order chi connectivity index (χ1) is 11.1. The Labute approximate surface area is 138 Å². The summed E-state index contributed by atoms with van der Waals surface area (Å²) < 4.78 is 1.90. The summed E-state index contributed by atoms with van der Waals surface area (Å²) in [6, 6.07) is 10.6. The van der Waals surface area contributed by atoms with Gasteiger partial charge in [0.25, 0.3) is 0 Å². The molecule has 0 saturated carbocycles. The van der Waals surface area contributed by atoms with Crippen molar-refractivity contribution in [1.29, 1.82) is 0 Å². The van der Waals surface area contributed by atoms with Crippen LogP contribution >= 0.6 is 0 Å². The van der Waals surface area contributed by atoms with Crippen LogP contribution in [0, 0.1) is 13.8 Å². The molecule has 0 N–H and O–H groups in total. The first-order valence-corrected chi connectivity index (χ1v) is 8.41. The van der Waals surface area contributed by atoms with Crippen molar-refractivity contribution >= 4 is 5.91 Å². The van der Waals surface area contributed by atoms with E-state index >= 15 is 0 Å². The summed E-state index contributed by atoms with van der Waals surface area (Å²) >= 11 is 0. The molecule has 1 aromatic carbocycles. The van der Waals surface area contributed by atoms with Gasteiger partial charge in [-0.3, -0.25) is 9.48 Å². The van der Waals surface area contributed by atoms with Gasteiger partial charge in [0.2, 0.25) is 5.91 Å². The third-order valence-electron chi connectivity index (χ3n) is 5.01. The average Bonchev–Trinajstić information content (AvgIpc) is 3.13. The van der Waals surface area contributed by atoms with Gasteiger partial charge in [0, 0.05) is 25.7 Å². The highest BCUT2D eigenvalue weighted by Crippen LogP contribution is 2.32. The molecule has 4 nitrogen and oxygen atoms in total. The second-order valence-electron chi connectivity index (χ2n) is 6.43. The molecule has 4 heteroatoms. The number of carbonyl (C=O) groups excluding carboxylic acids is 1. The number of benzene rings is 1. The zero-order valence-electron chi connectivity index (χ0n) is 14.2. The molecule has 1 amide bonds. The van der Waals surface area contributed by atoms with E-state index in [2.05, 4.69) is 41.2 Å². The van der Waals surface area contributed by atoms with Crippen LogP contribution in [-0.4, -0.2) is 27.1 Å². The standard InChI is InChI=1S/C19H25N3O/c1-14-17(15(2)21(3)20-14)11-12-19(23)22-13-7-10-18(22)16-8-5-4-6-9-16/h4-6,8-9,18H,7,10-13H2,1-3H3/t18-/m1/s1. The molecule has 0 spiro atoms. The Balaban J connectivity index is 1.68. The third-order valence-corrected chi connectivity index (χ3v) is 5.01. The van der Waals surface area contributed by atoms with Gasteiger partial charge in [-0.25, -0.2) is 0 Å². The summed E-state index contributed by atoms with van der Waals surface area (Å²) in [6.07, 6.45) is 3.51. The molecular formula is C19H25N3O. The zero-order valence-corrected chi connectivity index (χ0v) is 14.2. The van der Waals surface area contributed by atoms with E-state index in [-0.39, 0.29) is 11.9 Å². The molecule has 1 atom stereocenters. The fourth-order valence-electron chi connectivity index (χ4n) is 3.64. The summed E-state index contributed by atoms with van der Waals surface area (Å²) in [4.78, 5) is 14.8. The second-order valence-corrected chi connectivity index (χ2v) is 6.43. The molecule has 0 unspecified atom stereocenters. The number of rotatable bonds is 4. The number of aromatic nitrogens is 2. The minimum atomic E-state index is 0.250. The Kier molecular flexibility index (Phi) is 4.51. The van der Waals surface area contributed by atoms with E-state index < -0.39 is 0 Å². The van der Waals surface area contributed by atoms with Crippen molar-refractivity contribution in [1.82, 2.24) is 14.7 Å². The van der Waals surface area contributed by atoms with Gasteiger partial charge in [-0.05, 0) is 44.2 Å².